The van der Waals surface area contributed by atoms with Gasteiger partial charge in [0.05, 0.1) is 12.6 Å². The van der Waals surface area contributed by atoms with Gasteiger partial charge in [0.15, 0.2) is 11.5 Å². The van der Waals surface area contributed by atoms with Crippen molar-refractivity contribution in [3.63, 3.8) is 0 Å². The highest BCUT2D eigenvalue weighted by Crippen LogP contribution is 2.29. The van der Waals surface area contributed by atoms with Gasteiger partial charge in [0, 0.05) is 22.7 Å². The van der Waals surface area contributed by atoms with E-state index < -0.39 is 0 Å². The number of aldehydes is 1. The summed E-state index contributed by atoms with van der Waals surface area (Å²) in [7, 11) is 1.52. The summed E-state index contributed by atoms with van der Waals surface area (Å²) in [6, 6.07) is 11.2. The molecule has 0 spiro atoms. The average Bonchev–Trinajstić information content (AvgIpc) is 2.59. The molecule has 0 aliphatic rings. The van der Waals surface area contributed by atoms with Crippen molar-refractivity contribution >= 4 is 17.2 Å². The lowest BCUT2D eigenvalue weighted by Crippen LogP contribution is -2.01. The molecule has 0 aliphatic carbocycles. The van der Waals surface area contributed by atoms with Gasteiger partial charge in [-0.15, -0.1) is 0 Å². The van der Waals surface area contributed by atoms with E-state index in [-0.39, 0.29) is 12.4 Å². The molecule has 3 aromatic rings. The number of hydrogen-bond donors (Lipinski definition) is 0. The number of carbonyl (C=O) groups is 1. The van der Waals surface area contributed by atoms with Crippen LogP contribution >= 0.6 is 0 Å². The fourth-order valence-corrected chi connectivity index (χ4v) is 2.37. The maximum absolute atomic E-state index is 13.7. The van der Waals surface area contributed by atoms with E-state index in [1.165, 1.54) is 19.2 Å². The molecule has 3 rings (SSSR count). The van der Waals surface area contributed by atoms with Crippen LogP contribution in [0.25, 0.3) is 10.9 Å². The molecule has 1 heterocycles. The minimum Gasteiger partial charge on any atom is -0.493 e. The van der Waals surface area contributed by atoms with Crippen LogP contribution in [0.5, 0.6) is 11.5 Å². The minimum atomic E-state index is -0.349. The first-order valence-electron chi connectivity index (χ1n) is 7.00. The molecule has 0 amide bonds. The summed E-state index contributed by atoms with van der Waals surface area (Å²) in [5, 5.41) is 0.708. The van der Waals surface area contributed by atoms with Gasteiger partial charge in [0.2, 0.25) is 0 Å². The Labute approximate surface area is 132 Å². The number of methoxy groups -OCH3 is 1. The second-order valence-corrected chi connectivity index (χ2v) is 4.96. The topological polar surface area (TPSA) is 48.4 Å². The zero-order chi connectivity index (χ0) is 16.2. The summed E-state index contributed by atoms with van der Waals surface area (Å²) < 4.78 is 24.7. The summed E-state index contributed by atoms with van der Waals surface area (Å²) >= 11 is 0. The smallest absolute Gasteiger partial charge is 0.162 e. The molecule has 0 saturated carbocycles. The van der Waals surface area contributed by atoms with Crippen molar-refractivity contribution in [2.75, 3.05) is 7.11 Å². The summed E-state index contributed by atoms with van der Waals surface area (Å²) in [6.07, 6.45) is 2.38. The molecule has 1 aromatic heterocycles. The molecule has 0 N–H and O–H groups in total. The highest BCUT2D eigenvalue weighted by Gasteiger charge is 2.09. The maximum atomic E-state index is 13.7. The Morgan fingerprint density at radius 3 is 2.83 bits per heavy atom. The second-order valence-electron chi connectivity index (χ2n) is 4.96. The number of fused-ring (bicyclic) bond motifs is 1. The largest absolute Gasteiger partial charge is 0.493 e. The predicted octanol–water partition coefficient (Wildman–Crippen LogP) is 3.77. The highest BCUT2D eigenvalue weighted by molar-refractivity contribution is 5.81. The molecule has 0 radical (unpaired) electrons. The van der Waals surface area contributed by atoms with Crippen LogP contribution in [0.1, 0.15) is 15.9 Å². The monoisotopic (exact) mass is 311 g/mol. The van der Waals surface area contributed by atoms with Crippen LogP contribution in [-0.4, -0.2) is 18.4 Å². The van der Waals surface area contributed by atoms with E-state index in [4.69, 9.17) is 9.47 Å². The fraction of sp³-hybridized carbons (Fsp3) is 0.111. The second kappa shape index (κ2) is 6.44. The maximum Gasteiger partial charge on any atom is 0.162 e. The Balaban J connectivity index is 1.93. The van der Waals surface area contributed by atoms with Gasteiger partial charge in [0.25, 0.3) is 0 Å². The van der Waals surface area contributed by atoms with E-state index in [1.54, 1.807) is 36.5 Å². The molecule has 0 aliphatic heterocycles. The third-order valence-electron chi connectivity index (χ3n) is 3.46. The first-order chi connectivity index (χ1) is 11.2. The van der Waals surface area contributed by atoms with Crippen LogP contribution in [0, 0.1) is 5.82 Å². The number of rotatable bonds is 5. The molecule has 116 valence electrons. The van der Waals surface area contributed by atoms with E-state index in [1.807, 2.05) is 0 Å². The number of carbonyl (C=O) groups excluding carboxylic acids is 1. The van der Waals surface area contributed by atoms with Crippen molar-refractivity contribution in [1.82, 2.24) is 4.98 Å². The SMILES string of the molecule is COc1ccc(C=O)cc1OCc1cc(F)cc2cccnc12. The summed E-state index contributed by atoms with van der Waals surface area (Å²) in [5.74, 6) is 0.576. The standard InChI is InChI=1S/C18H14FNO3/c1-22-16-5-4-12(10-21)7-17(16)23-11-14-9-15(19)8-13-3-2-6-20-18(13)14/h2-10H,11H2,1H3. The molecule has 4 nitrogen and oxygen atoms in total. The molecule has 5 heteroatoms. The summed E-state index contributed by atoms with van der Waals surface area (Å²) in [6.45, 7) is 0.115. The van der Waals surface area contributed by atoms with Gasteiger partial charge in [-0.25, -0.2) is 4.39 Å². The summed E-state index contributed by atoms with van der Waals surface area (Å²) in [4.78, 5) is 15.2. The van der Waals surface area contributed by atoms with Gasteiger partial charge >= 0.3 is 0 Å². The minimum absolute atomic E-state index is 0.115. The number of pyridine rings is 1. The van der Waals surface area contributed by atoms with Crippen LogP contribution in [0.2, 0.25) is 0 Å². The average molecular weight is 311 g/mol. The number of nitrogens with zero attached hydrogens (tertiary/aromatic N) is 1. The van der Waals surface area contributed by atoms with Crippen molar-refractivity contribution < 1.29 is 18.7 Å². The lowest BCUT2D eigenvalue weighted by molar-refractivity contribution is 0.112. The van der Waals surface area contributed by atoms with Gasteiger partial charge in [-0.2, -0.15) is 0 Å². The van der Waals surface area contributed by atoms with E-state index in [0.29, 0.717) is 33.5 Å². The van der Waals surface area contributed by atoms with E-state index in [2.05, 4.69) is 4.98 Å². The molecular formula is C18H14FNO3. The van der Waals surface area contributed by atoms with Crippen molar-refractivity contribution in [2.24, 2.45) is 0 Å². The van der Waals surface area contributed by atoms with Gasteiger partial charge in [-0.3, -0.25) is 9.78 Å². The third kappa shape index (κ3) is 3.13. The molecule has 0 bridgehead atoms. The van der Waals surface area contributed by atoms with Crippen LogP contribution in [-0.2, 0) is 6.61 Å². The van der Waals surface area contributed by atoms with E-state index in [9.17, 15) is 9.18 Å². The van der Waals surface area contributed by atoms with Crippen molar-refractivity contribution in [3.05, 3.63) is 65.6 Å². The summed E-state index contributed by atoms with van der Waals surface area (Å²) in [5.41, 5.74) is 1.78. The van der Waals surface area contributed by atoms with E-state index in [0.717, 1.165) is 6.29 Å². The number of benzene rings is 2. The molecule has 0 atom stereocenters. The Morgan fingerprint density at radius 1 is 1.17 bits per heavy atom. The van der Waals surface area contributed by atoms with Gasteiger partial charge in [-0.1, -0.05) is 6.07 Å². The van der Waals surface area contributed by atoms with Crippen LogP contribution in [0.3, 0.4) is 0 Å². The number of aromatic nitrogens is 1. The Hall–Kier alpha value is -2.95. The third-order valence-corrected chi connectivity index (χ3v) is 3.46. The molecular weight excluding hydrogens is 297 g/mol. The highest BCUT2D eigenvalue weighted by atomic mass is 19.1. The zero-order valence-corrected chi connectivity index (χ0v) is 12.5. The quantitative estimate of drug-likeness (QED) is 0.673. The lowest BCUT2D eigenvalue weighted by atomic mass is 10.1. The molecule has 0 fully saturated rings. The normalized spacial score (nSPS) is 10.5. The van der Waals surface area contributed by atoms with Crippen molar-refractivity contribution in [3.8, 4) is 11.5 Å². The number of halogens is 1. The number of ether oxygens (including phenoxy) is 2. The van der Waals surface area contributed by atoms with Gasteiger partial charge < -0.3 is 9.47 Å². The fourth-order valence-electron chi connectivity index (χ4n) is 2.37. The van der Waals surface area contributed by atoms with E-state index >= 15 is 0 Å². The number of hydrogen-bond acceptors (Lipinski definition) is 4. The Bertz CT molecular complexity index is 864. The van der Waals surface area contributed by atoms with Crippen LogP contribution in [0.4, 0.5) is 4.39 Å². The lowest BCUT2D eigenvalue weighted by Gasteiger charge is -2.12. The molecule has 23 heavy (non-hydrogen) atoms. The first kappa shape index (κ1) is 15.0. The Morgan fingerprint density at radius 2 is 2.04 bits per heavy atom. The molecule has 2 aromatic carbocycles. The zero-order valence-electron chi connectivity index (χ0n) is 12.5. The van der Waals surface area contributed by atoms with Crippen LogP contribution in [0.15, 0.2) is 48.7 Å². The van der Waals surface area contributed by atoms with Crippen molar-refractivity contribution in [1.29, 1.82) is 0 Å². The van der Waals surface area contributed by atoms with Gasteiger partial charge in [0.1, 0.15) is 18.7 Å². The van der Waals surface area contributed by atoms with Gasteiger partial charge in [-0.05, 0) is 36.4 Å². The molecule has 0 saturated heterocycles. The van der Waals surface area contributed by atoms with Crippen LogP contribution < -0.4 is 9.47 Å². The van der Waals surface area contributed by atoms with Crippen molar-refractivity contribution in [2.45, 2.75) is 6.61 Å². The molecule has 0 unspecified atom stereocenters. The predicted molar refractivity (Wildman–Crippen MR) is 84.4 cm³/mol. The Kier molecular flexibility index (Phi) is 4.19. The first-order valence-corrected chi connectivity index (χ1v) is 7.00.